The smallest absolute Gasteiger partial charge is 0.303 e. The monoisotopic (exact) mass is 376 g/mol. The summed E-state index contributed by atoms with van der Waals surface area (Å²) in [5.41, 5.74) is 0. The summed E-state index contributed by atoms with van der Waals surface area (Å²) in [4.78, 5) is 22.1. The average Bonchev–Trinajstić information content (AvgIpc) is 2.90. The summed E-state index contributed by atoms with van der Waals surface area (Å²) in [6.45, 7) is 1.94. The lowest BCUT2D eigenvalue weighted by atomic mass is 9.91. The molecule has 1 aliphatic carbocycles. The number of carboxylic acids is 1. The predicted molar refractivity (Wildman–Crippen MR) is 106 cm³/mol. The molecule has 0 aromatic carbocycles. The van der Waals surface area contributed by atoms with Crippen LogP contribution in [-0.2, 0) is 9.59 Å². The second-order valence-electron chi connectivity index (χ2n) is 6.84. The third-order valence-corrected chi connectivity index (χ3v) is 4.67. The summed E-state index contributed by atoms with van der Waals surface area (Å²) in [7, 11) is 0. The van der Waals surface area contributed by atoms with Crippen molar-refractivity contribution in [1.29, 1.82) is 0 Å². The van der Waals surface area contributed by atoms with E-state index in [-0.39, 0.29) is 30.5 Å². The Morgan fingerprint density at radius 2 is 1.78 bits per heavy atom. The van der Waals surface area contributed by atoms with Crippen LogP contribution in [0.1, 0.15) is 51.9 Å². The van der Waals surface area contributed by atoms with Crippen LogP contribution in [0.4, 0.5) is 0 Å². The van der Waals surface area contributed by atoms with Crippen molar-refractivity contribution in [2.24, 2.45) is 11.8 Å². The molecule has 27 heavy (non-hydrogen) atoms. The molecule has 0 heterocycles. The number of rotatable bonds is 12. The van der Waals surface area contributed by atoms with Crippen LogP contribution in [0, 0.1) is 11.8 Å². The van der Waals surface area contributed by atoms with E-state index in [1.54, 1.807) is 12.2 Å². The number of aliphatic hydroxyl groups excluding tert-OH is 2. The molecular weight excluding hydrogens is 344 g/mol. The zero-order chi connectivity index (χ0) is 20.1. The Morgan fingerprint density at radius 3 is 2.41 bits per heavy atom. The van der Waals surface area contributed by atoms with E-state index in [0.717, 1.165) is 12.8 Å². The van der Waals surface area contributed by atoms with Gasteiger partial charge < -0.3 is 15.3 Å². The molecule has 0 aromatic heterocycles. The number of aliphatic carboxylic acids is 1. The van der Waals surface area contributed by atoms with Gasteiger partial charge in [0.15, 0.2) is 0 Å². The third-order valence-electron chi connectivity index (χ3n) is 4.67. The third kappa shape index (κ3) is 9.50. The Balaban J connectivity index is 2.22. The summed E-state index contributed by atoms with van der Waals surface area (Å²) in [6, 6.07) is 0. The van der Waals surface area contributed by atoms with Gasteiger partial charge in [0, 0.05) is 24.7 Å². The fraction of sp³-hybridized carbons (Fsp3) is 0.545. The lowest BCUT2D eigenvalue weighted by Crippen LogP contribution is -2.18. The van der Waals surface area contributed by atoms with Crippen LogP contribution >= 0.6 is 0 Å². The van der Waals surface area contributed by atoms with E-state index >= 15 is 0 Å². The maximum Gasteiger partial charge on any atom is 0.303 e. The number of ketones is 1. The Hall–Kier alpha value is -1.98. The SMILES string of the molecule is CC[C@H]1C(=O)C[C@@H](O)[C@H]1/C=C/[C@@H](O)C/C=C\C/C=C\C/C=C\CCC(=O)O. The van der Waals surface area contributed by atoms with Gasteiger partial charge in [0.2, 0.25) is 0 Å². The van der Waals surface area contributed by atoms with Gasteiger partial charge in [0.1, 0.15) is 5.78 Å². The zero-order valence-electron chi connectivity index (χ0n) is 16.0. The lowest BCUT2D eigenvalue weighted by Gasteiger charge is -2.16. The van der Waals surface area contributed by atoms with Crippen LogP contribution in [0.15, 0.2) is 48.6 Å². The summed E-state index contributed by atoms with van der Waals surface area (Å²) in [5.74, 6) is -0.997. The molecule has 0 radical (unpaired) electrons. The minimum absolute atomic E-state index is 0.109. The minimum Gasteiger partial charge on any atom is -0.481 e. The van der Waals surface area contributed by atoms with Crippen molar-refractivity contribution < 1.29 is 24.9 Å². The summed E-state index contributed by atoms with van der Waals surface area (Å²) < 4.78 is 0. The molecule has 0 aromatic rings. The van der Waals surface area contributed by atoms with Crippen molar-refractivity contribution in [2.75, 3.05) is 0 Å². The first-order valence-electron chi connectivity index (χ1n) is 9.69. The minimum atomic E-state index is -0.782. The highest BCUT2D eigenvalue weighted by molar-refractivity contribution is 5.84. The molecule has 0 spiro atoms. The number of hydrogen-bond donors (Lipinski definition) is 3. The molecule has 5 nitrogen and oxygen atoms in total. The molecule has 0 bridgehead atoms. The maximum absolute atomic E-state index is 11.8. The molecule has 4 atom stereocenters. The number of Topliss-reactive ketones (excluding diaryl/α,β-unsaturated/α-hetero) is 1. The molecule has 1 rings (SSSR count). The second kappa shape index (κ2) is 13.2. The number of allylic oxidation sites excluding steroid dienone is 5. The van der Waals surface area contributed by atoms with E-state index in [9.17, 15) is 19.8 Å². The zero-order valence-corrected chi connectivity index (χ0v) is 16.0. The van der Waals surface area contributed by atoms with Gasteiger partial charge in [-0.15, -0.1) is 0 Å². The van der Waals surface area contributed by atoms with Crippen LogP contribution in [0.3, 0.4) is 0 Å². The van der Waals surface area contributed by atoms with Gasteiger partial charge in [0.05, 0.1) is 12.2 Å². The first-order valence-corrected chi connectivity index (χ1v) is 9.69. The van der Waals surface area contributed by atoms with E-state index < -0.39 is 18.2 Å². The highest BCUT2D eigenvalue weighted by Crippen LogP contribution is 2.32. The van der Waals surface area contributed by atoms with Crippen LogP contribution < -0.4 is 0 Å². The van der Waals surface area contributed by atoms with Gasteiger partial charge in [-0.1, -0.05) is 55.5 Å². The van der Waals surface area contributed by atoms with E-state index in [2.05, 4.69) is 0 Å². The Kier molecular flexibility index (Phi) is 11.3. The van der Waals surface area contributed by atoms with E-state index in [0.29, 0.717) is 19.3 Å². The van der Waals surface area contributed by atoms with Crippen molar-refractivity contribution in [3.8, 4) is 0 Å². The Morgan fingerprint density at radius 1 is 1.15 bits per heavy atom. The molecule has 1 fully saturated rings. The second-order valence-corrected chi connectivity index (χ2v) is 6.84. The first kappa shape index (κ1) is 23.1. The lowest BCUT2D eigenvalue weighted by molar-refractivity contribution is -0.136. The van der Waals surface area contributed by atoms with Gasteiger partial charge in [-0.25, -0.2) is 0 Å². The predicted octanol–water partition coefficient (Wildman–Crippen LogP) is 3.58. The fourth-order valence-corrected chi connectivity index (χ4v) is 3.18. The van der Waals surface area contributed by atoms with E-state index in [1.807, 2.05) is 43.4 Å². The number of carbonyl (C=O) groups excluding carboxylic acids is 1. The molecule has 0 aliphatic heterocycles. The van der Waals surface area contributed by atoms with Gasteiger partial charge >= 0.3 is 5.97 Å². The van der Waals surface area contributed by atoms with Crippen molar-refractivity contribution in [1.82, 2.24) is 0 Å². The van der Waals surface area contributed by atoms with Crippen LogP contribution in [0.5, 0.6) is 0 Å². The molecule has 0 unspecified atom stereocenters. The van der Waals surface area contributed by atoms with E-state index in [1.165, 1.54) is 0 Å². The van der Waals surface area contributed by atoms with E-state index in [4.69, 9.17) is 5.11 Å². The first-order chi connectivity index (χ1) is 13.0. The number of hydrogen-bond acceptors (Lipinski definition) is 4. The molecule has 0 saturated heterocycles. The summed E-state index contributed by atoms with van der Waals surface area (Å²) in [6.07, 6.45) is 17.6. The number of aliphatic hydroxyl groups is 2. The standard InChI is InChI=1S/C22H32O5/c1-2-18-19(21(25)16-20(18)24)15-14-17(23)12-10-8-6-4-3-5-7-9-11-13-22(26)27/h3-4,7-10,14-15,17-19,21,23,25H,2,5-6,11-13,16H2,1H3,(H,26,27)/b4-3-,9-7-,10-8-,15-14+/t17-,18+,19-,21+/m0/s1. The highest BCUT2D eigenvalue weighted by atomic mass is 16.4. The van der Waals surface area contributed by atoms with Crippen LogP contribution in [-0.4, -0.2) is 39.3 Å². The average molecular weight is 376 g/mol. The molecule has 0 amide bonds. The summed E-state index contributed by atoms with van der Waals surface area (Å²) >= 11 is 0. The van der Waals surface area contributed by atoms with Gasteiger partial charge in [-0.2, -0.15) is 0 Å². The fourth-order valence-electron chi connectivity index (χ4n) is 3.18. The molecular formula is C22H32O5. The van der Waals surface area contributed by atoms with Crippen LogP contribution in [0.2, 0.25) is 0 Å². The van der Waals surface area contributed by atoms with Gasteiger partial charge in [0.25, 0.3) is 0 Å². The van der Waals surface area contributed by atoms with Crippen LogP contribution in [0.25, 0.3) is 0 Å². The summed E-state index contributed by atoms with van der Waals surface area (Å²) in [5, 5.41) is 28.5. The largest absolute Gasteiger partial charge is 0.481 e. The Labute approximate surface area is 161 Å². The highest BCUT2D eigenvalue weighted by Gasteiger charge is 2.38. The van der Waals surface area contributed by atoms with Gasteiger partial charge in [-0.05, 0) is 32.1 Å². The normalized spacial score (nSPS) is 24.9. The maximum atomic E-state index is 11.8. The molecule has 5 heteroatoms. The molecule has 3 N–H and O–H groups in total. The Bertz CT molecular complexity index is 573. The van der Waals surface area contributed by atoms with Crippen molar-refractivity contribution in [3.63, 3.8) is 0 Å². The van der Waals surface area contributed by atoms with Crippen molar-refractivity contribution >= 4 is 11.8 Å². The van der Waals surface area contributed by atoms with Gasteiger partial charge in [-0.3, -0.25) is 9.59 Å². The topological polar surface area (TPSA) is 94.8 Å². The van der Waals surface area contributed by atoms with Crippen molar-refractivity contribution in [3.05, 3.63) is 48.6 Å². The molecule has 150 valence electrons. The number of carbonyl (C=O) groups is 2. The molecule has 1 saturated carbocycles. The number of carboxylic acid groups (broad SMARTS) is 1. The van der Waals surface area contributed by atoms with Crippen molar-refractivity contribution in [2.45, 2.75) is 64.1 Å². The quantitative estimate of drug-likeness (QED) is 0.453. The molecule has 1 aliphatic rings.